The number of hydrogen-bond acceptors (Lipinski definition) is 5. The first-order valence-corrected chi connectivity index (χ1v) is 11.0. The summed E-state index contributed by atoms with van der Waals surface area (Å²) in [5.41, 5.74) is 0.253. The maximum atomic E-state index is 13.5. The van der Waals surface area contributed by atoms with Crippen LogP contribution in [0.5, 0.6) is 5.75 Å². The smallest absolute Gasteiger partial charge is 0.421 e. The van der Waals surface area contributed by atoms with E-state index in [2.05, 4.69) is 43.2 Å². The summed E-state index contributed by atoms with van der Waals surface area (Å²) < 4.78 is 47.1. The van der Waals surface area contributed by atoms with E-state index in [1.165, 1.54) is 12.8 Å². The lowest BCUT2D eigenvalue weighted by Gasteiger charge is -2.16. The third kappa shape index (κ3) is 5.57. The molecule has 0 saturated heterocycles. The zero-order valence-electron chi connectivity index (χ0n) is 16.4. The molecule has 0 amide bonds. The summed E-state index contributed by atoms with van der Waals surface area (Å²) in [4.78, 5) is 7.94. The molecule has 0 atom stereocenters. The highest BCUT2D eigenvalue weighted by Crippen LogP contribution is 2.36. The van der Waals surface area contributed by atoms with E-state index in [0.29, 0.717) is 11.4 Å². The maximum absolute atomic E-state index is 13.5. The lowest BCUT2D eigenvalue weighted by atomic mass is 10.2. The van der Waals surface area contributed by atoms with Gasteiger partial charge in [-0.3, -0.25) is 0 Å². The number of alkyl halides is 3. The molecule has 2 aromatic carbocycles. The molecule has 0 radical (unpaired) electrons. The van der Waals surface area contributed by atoms with Crippen LogP contribution in [0.15, 0.2) is 54.7 Å². The van der Waals surface area contributed by atoms with Gasteiger partial charge in [-0.25, -0.2) is 4.98 Å². The first-order chi connectivity index (χ1) is 14.9. The van der Waals surface area contributed by atoms with Crippen molar-refractivity contribution in [3.8, 4) is 5.75 Å². The van der Waals surface area contributed by atoms with E-state index in [-0.39, 0.29) is 17.9 Å². The van der Waals surface area contributed by atoms with Gasteiger partial charge in [0.2, 0.25) is 5.95 Å². The molecule has 5 nitrogen and oxygen atoms in total. The Morgan fingerprint density at radius 3 is 2.35 bits per heavy atom. The van der Waals surface area contributed by atoms with Crippen LogP contribution in [0.1, 0.15) is 31.2 Å². The number of anilines is 4. The minimum atomic E-state index is -4.58. The Bertz CT molecular complexity index is 1040. The van der Waals surface area contributed by atoms with Gasteiger partial charge >= 0.3 is 6.18 Å². The largest absolute Gasteiger partial charge is 0.490 e. The molecule has 0 spiro atoms. The Balaban J connectivity index is 1.53. The van der Waals surface area contributed by atoms with Crippen LogP contribution in [0, 0.1) is 3.57 Å². The molecular weight excluding hydrogens is 520 g/mol. The zero-order chi connectivity index (χ0) is 21.8. The summed E-state index contributed by atoms with van der Waals surface area (Å²) in [5.74, 6) is 0.521. The SMILES string of the molecule is FC(F)(F)c1cnc(Nc2ccc(OC3CCCC3)cc2)nc1Nc1ccccc1I. The van der Waals surface area contributed by atoms with E-state index in [0.717, 1.165) is 28.4 Å². The predicted molar refractivity (Wildman–Crippen MR) is 122 cm³/mol. The number of halogens is 4. The van der Waals surface area contributed by atoms with Crippen LogP contribution in [0.4, 0.5) is 36.3 Å². The zero-order valence-corrected chi connectivity index (χ0v) is 18.6. The number of rotatable bonds is 6. The van der Waals surface area contributed by atoms with Crippen LogP contribution in [-0.4, -0.2) is 16.1 Å². The van der Waals surface area contributed by atoms with Crippen LogP contribution in [-0.2, 0) is 6.18 Å². The molecule has 0 aliphatic heterocycles. The lowest BCUT2D eigenvalue weighted by molar-refractivity contribution is -0.137. The first-order valence-electron chi connectivity index (χ1n) is 9.88. The average Bonchev–Trinajstić information content (AvgIpc) is 3.24. The number of hydrogen-bond donors (Lipinski definition) is 2. The molecule has 162 valence electrons. The molecule has 1 aliphatic carbocycles. The minimum absolute atomic E-state index is 0.0610. The van der Waals surface area contributed by atoms with Crippen molar-refractivity contribution < 1.29 is 17.9 Å². The molecule has 3 aromatic rings. The van der Waals surface area contributed by atoms with Gasteiger partial charge in [0, 0.05) is 15.5 Å². The third-order valence-corrected chi connectivity index (χ3v) is 5.88. The highest BCUT2D eigenvalue weighted by molar-refractivity contribution is 14.1. The fraction of sp³-hybridized carbons (Fsp3) is 0.273. The molecule has 1 saturated carbocycles. The van der Waals surface area contributed by atoms with Gasteiger partial charge in [0.05, 0.1) is 11.8 Å². The normalized spacial score (nSPS) is 14.5. The molecule has 9 heteroatoms. The first kappa shape index (κ1) is 21.7. The topological polar surface area (TPSA) is 59.1 Å². The molecule has 31 heavy (non-hydrogen) atoms. The van der Waals surface area contributed by atoms with Gasteiger partial charge in [0.25, 0.3) is 0 Å². The summed E-state index contributed by atoms with van der Waals surface area (Å²) in [6.07, 6.45) is 0.963. The number of nitrogens with zero attached hydrogens (tertiary/aromatic N) is 2. The van der Waals surface area contributed by atoms with Crippen molar-refractivity contribution in [2.75, 3.05) is 10.6 Å². The molecule has 4 rings (SSSR count). The number of nitrogens with one attached hydrogen (secondary N) is 2. The Labute approximate surface area is 191 Å². The Kier molecular flexibility index (Phi) is 6.49. The minimum Gasteiger partial charge on any atom is -0.490 e. The van der Waals surface area contributed by atoms with Gasteiger partial charge < -0.3 is 15.4 Å². The van der Waals surface area contributed by atoms with Crippen molar-refractivity contribution in [1.29, 1.82) is 0 Å². The Morgan fingerprint density at radius 2 is 1.68 bits per heavy atom. The van der Waals surface area contributed by atoms with Gasteiger partial charge in [-0.2, -0.15) is 18.2 Å². The van der Waals surface area contributed by atoms with E-state index in [9.17, 15) is 13.2 Å². The molecule has 0 bridgehead atoms. The molecule has 1 heterocycles. The monoisotopic (exact) mass is 540 g/mol. The third-order valence-electron chi connectivity index (χ3n) is 4.94. The second-order valence-corrected chi connectivity index (χ2v) is 8.39. The molecular formula is C22H20F3IN4O. The van der Waals surface area contributed by atoms with E-state index < -0.39 is 11.7 Å². The van der Waals surface area contributed by atoms with Crippen LogP contribution in [0.2, 0.25) is 0 Å². The molecule has 1 fully saturated rings. The van der Waals surface area contributed by atoms with Crippen molar-refractivity contribution >= 4 is 45.7 Å². The van der Waals surface area contributed by atoms with Gasteiger partial charge in [-0.15, -0.1) is 0 Å². The molecule has 0 unspecified atom stereocenters. The Morgan fingerprint density at radius 1 is 0.968 bits per heavy atom. The van der Waals surface area contributed by atoms with Gasteiger partial charge in [-0.1, -0.05) is 12.1 Å². The van der Waals surface area contributed by atoms with E-state index in [4.69, 9.17) is 4.74 Å². The summed E-state index contributed by atoms with van der Waals surface area (Å²) in [6, 6.07) is 14.3. The number of para-hydroxylation sites is 1. The fourth-order valence-electron chi connectivity index (χ4n) is 3.38. The van der Waals surface area contributed by atoms with Crippen molar-refractivity contribution in [3.05, 3.63) is 63.9 Å². The van der Waals surface area contributed by atoms with E-state index in [1.54, 1.807) is 30.3 Å². The number of ether oxygens (including phenoxy) is 1. The maximum Gasteiger partial charge on any atom is 0.421 e. The second-order valence-electron chi connectivity index (χ2n) is 7.23. The van der Waals surface area contributed by atoms with Crippen molar-refractivity contribution in [2.24, 2.45) is 0 Å². The van der Waals surface area contributed by atoms with E-state index >= 15 is 0 Å². The lowest BCUT2D eigenvalue weighted by Crippen LogP contribution is -2.13. The molecule has 2 N–H and O–H groups in total. The summed E-state index contributed by atoms with van der Waals surface area (Å²) in [6.45, 7) is 0. The number of aromatic nitrogens is 2. The summed E-state index contributed by atoms with van der Waals surface area (Å²) >= 11 is 2.05. The number of benzene rings is 2. The van der Waals surface area contributed by atoms with Crippen molar-refractivity contribution in [1.82, 2.24) is 9.97 Å². The van der Waals surface area contributed by atoms with Crippen LogP contribution >= 0.6 is 22.6 Å². The van der Waals surface area contributed by atoms with Crippen LogP contribution < -0.4 is 15.4 Å². The van der Waals surface area contributed by atoms with E-state index in [1.807, 2.05) is 18.2 Å². The van der Waals surface area contributed by atoms with Crippen LogP contribution in [0.3, 0.4) is 0 Å². The molecule has 1 aromatic heterocycles. The van der Waals surface area contributed by atoms with Crippen molar-refractivity contribution in [3.63, 3.8) is 0 Å². The van der Waals surface area contributed by atoms with Crippen LogP contribution in [0.25, 0.3) is 0 Å². The van der Waals surface area contributed by atoms with Gasteiger partial charge in [0.1, 0.15) is 17.1 Å². The summed E-state index contributed by atoms with van der Waals surface area (Å²) in [5, 5.41) is 5.74. The average molecular weight is 540 g/mol. The standard InChI is InChI=1S/C22H20F3IN4O/c23-22(24,25)17-13-27-21(30-20(17)29-19-8-4-3-7-18(19)26)28-14-9-11-16(12-10-14)31-15-5-1-2-6-15/h3-4,7-13,15H,1-2,5-6H2,(H2,27,28,29,30). The summed E-state index contributed by atoms with van der Waals surface area (Å²) in [7, 11) is 0. The quantitative estimate of drug-likeness (QED) is 0.333. The van der Waals surface area contributed by atoms with Gasteiger partial charge in [0.15, 0.2) is 0 Å². The second kappa shape index (κ2) is 9.29. The van der Waals surface area contributed by atoms with Gasteiger partial charge in [-0.05, 0) is 84.7 Å². The highest BCUT2D eigenvalue weighted by atomic mass is 127. The van der Waals surface area contributed by atoms with Crippen molar-refractivity contribution in [2.45, 2.75) is 38.0 Å². The predicted octanol–water partition coefficient (Wildman–Crippen LogP) is 6.91. The fourth-order valence-corrected chi connectivity index (χ4v) is 3.90. The molecule has 1 aliphatic rings. The highest BCUT2D eigenvalue weighted by Gasteiger charge is 2.35. The Hall–Kier alpha value is -2.56.